The third kappa shape index (κ3) is 4.98. The molecule has 4 heteroatoms. The Balaban J connectivity index is 2.80. The van der Waals surface area contributed by atoms with Crippen LogP contribution in [0.3, 0.4) is 0 Å². The van der Waals surface area contributed by atoms with E-state index in [2.05, 4.69) is 41.9 Å². The molecule has 0 spiro atoms. The Hall–Kier alpha value is -0.565. The summed E-state index contributed by atoms with van der Waals surface area (Å²) in [4.78, 5) is 0. The molecule has 1 rings (SSSR count). The fraction of sp³-hybridized carbons (Fsp3) is 0.647. The summed E-state index contributed by atoms with van der Waals surface area (Å²) in [6, 6.07) is 5.39. The zero-order valence-electron chi connectivity index (χ0n) is 13.6. The van der Waals surface area contributed by atoms with Gasteiger partial charge in [-0.2, -0.15) is 0 Å². The van der Waals surface area contributed by atoms with Crippen LogP contribution in [0.4, 0.5) is 8.78 Å². The summed E-state index contributed by atoms with van der Waals surface area (Å²) in [6.07, 6.45) is -0.646. The van der Waals surface area contributed by atoms with Gasteiger partial charge in [0.1, 0.15) is 0 Å². The van der Waals surface area contributed by atoms with Gasteiger partial charge in [-0.15, -0.1) is 0 Å². The monoisotopic (exact) mass is 313 g/mol. The first kappa shape index (κ1) is 18.5. The minimum atomic E-state index is -2.37. The minimum Gasteiger partial charge on any atom is -0.210 e. The van der Waals surface area contributed by atoms with Crippen LogP contribution in [0.1, 0.15) is 46.6 Å². The summed E-state index contributed by atoms with van der Waals surface area (Å²) in [6.45, 7) is 11.2. The molecule has 0 saturated carbocycles. The molecule has 1 radical (unpaired) electrons. The maximum Gasteiger partial charge on any atom is 0.242 e. The summed E-state index contributed by atoms with van der Waals surface area (Å²) in [5.41, 5.74) is 1.86. The van der Waals surface area contributed by atoms with Gasteiger partial charge in [0, 0.05) is 11.4 Å². The van der Waals surface area contributed by atoms with Gasteiger partial charge in [0.15, 0.2) is 7.28 Å². The Morgan fingerprint density at radius 1 is 1.14 bits per heavy atom. The molecule has 117 valence electrons. The van der Waals surface area contributed by atoms with Gasteiger partial charge in [-0.25, -0.2) is 8.78 Å². The van der Waals surface area contributed by atoms with Gasteiger partial charge >= 0.3 is 0 Å². The van der Waals surface area contributed by atoms with E-state index in [1.54, 1.807) is 12.1 Å². The number of hydrogen-bond acceptors (Lipinski definition) is 0. The summed E-state index contributed by atoms with van der Waals surface area (Å²) < 4.78 is 25.1. The minimum absolute atomic E-state index is 0.143. The predicted octanol–water partition coefficient (Wildman–Crippen LogP) is 5.36. The molecule has 0 nitrogen and oxygen atoms in total. The van der Waals surface area contributed by atoms with Crippen LogP contribution in [0.15, 0.2) is 18.2 Å². The highest BCUT2D eigenvalue weighted by Gasteiger charge is 2.34. The van der Waals surface area contributed by atoms with Crippen LogP contribution >= 0.6 is 11.6 Å². The maximum atomic E-state index is 12.5. The van der Waals surface area contributed by atoms with Crippen molar-refractivity contribution in [2.24, 2.45) is 10.8 Å². The fourth-order valence-electron chi connectivity index (χ4n) is 2.17. The highest BCUT2D eigenvalue weighted by Crippen LogP contribution is 2.43. The molecule has 0 aromatic heterocycles. The van der Waals surface area contributed by atoms with Gasteiger partial charge in [0.2, 0.25) is 6.43 Å². The summed E-state index contributed by atoms with van der Waals surface area (Å²) in [5.74, 6) is 0. The van der Waals surface area contributed by atoms with Crippen molar-refractivity contribution < 1.29 is 8.78 Å². The number of alkyl halides is 2. The smallest absolute Gasteiger partial charge is 0.210 e. The van der Waals surface area contributed by atoms with Crippen molar-refractivity contribution in [2.45, 2.75) is 60.2 Å². The molecule has 0 aliphatic heterocycles. The maximum absolute atomic E-state index is 12.5. The lowest BCUT2D eigenvalue weighted by atomic mass is 9.52. The first-order chi connectivity index (χ1) is 9.59. The molecule has 0 aliphatic rings. The Labute approximate surface area is 133 Å². The van der Waals surface area contributed by atoms with E-state index in [1.807, 2.05) is 6.07 Å². The summed E-state index contributed by atoms with van der Waals surface area (Å²) >= 11 is 5.98. The van der Waals surface area contributed by atoms with Gasteiger partial charge in [-0.05, 0) is 22.5 Å². The van der Waals surface area contributed by atoms with Crippen molar-refractivity contribution in [3.63, 3.8) is 0 Å². The SMILES string of the molecule is CCC(C)(C)C(C)(C)C[B]c1ccc(Cl)c(CC(F)F)c1. The highest BCUT2D eigenvalue weighted by molar-refractivity contribution is 6.53. The van der Waals surface area contributed by atoms with E-state index in [-0.39, 0.29) is 17.3 Å². The molecule has 21 heavy (non-hydrogen) atoms. The van der Waals surface area contributed by atoms with Gasteiger partial charge in [0.05, 0.1) is 0 Å². The van der Waals surface area contributed by atoms with Crippen LogP contribution in [0.2, 0.25) is 11.3 Å². The average Bonchev–Trinajstić information content (AvgIpc) is 2.39. The molecule has 1 aromatic carbocycles. The van der Waals surface area contributed by atoms with Crippen LogP contribution in [-0.4, -0.2) is 13.7 Å². The van der Waals surface area contributed by atoms with E-state index in [4.69, 9.17) is 11.6 Å². The number of benzene rings is 1. The Morgan fingerprint density at radius 3 is 2.29 bits per heavy atom. The van der Waals surface area contributed by atoms with Crippen molar-refractivity contribution in [2.75, 3.05) is 0 Å². The van der Waals surface area contributed by atoms with Crippen molar-refractivity contribution in [1.82, 2.24) is 0 Å². The van der Waals surface area contributed by atoms with Gasteiger partial charge in [-0.3, -0.25) is 0 Å². The van der Waals surface area contributed by atoms with E-state index >= 15 is 0 Å². The quantitative estimate of drug-likeness (QED) is 0.595. The van der Waals surface area contributed by atoms with Crippen molar-refractivity contribution in [3.05, 3.63) is 28.8 Å². The second-order valence-corrected chi connectivity index (χ2v) is 7.38. The zero-order valence-corrected chi connectivity index (χ0v) is 14.4. The number of hydrogen-bond donors (Lipinski definition) is 0. The lowest BCUT2D eigenvalue weighted by molar-refractivity contribution is 0.127. The third-order valence-corrected chi connectivity index (χ3v) is 5.38. The fourth-order valence-corrected chi connectivity index (χ4v) is 2.37. The predicted molar refractivity (Wildman–Crippen MR) is 89.2 cm³/mol. The number of rotatable bonds is 7. The Morgan fingerprint density at radius 2 is 1.76 bits per heavy atom. The number of halogens is 3. The van der Waals surface area contributed by atoms with Gasteiger partial charge in [0.25, 0.3) is 0 Å². The average molecular weight is 314 g/mol. The molecule has 1 aromatic rings. The lowest BCUT2D eigenvalue weighted by Gasteiger charge is -2.41. The highest BCUT2D eigenvalue weighted by atomic mass is 35.5. The topological polar surface area (TPSA) is 0 Å². The standard InChI is InChI=1S/C17H25BClF2/c1-6-16(2,3)17(4,5)11-18-13-7-8-14(19)12(9-13)10-15(20)21/h7-9,15H,6,10-11H2,1-5H3. The Kier molecular flexibility index (Phi) is 6.28. The largest absolute Gasteiger partial charge is 0.242 e. The normalized spacial score (nSPS) is 12.8. The van der Waals surface area contributed by atoms with Crippen LogP contribution < -0.4 is 5.46 Å². The van der Waals surface area contributed by atoms with Crippen molar-refractivity contribution in [3.8, 4) is 0 Å². The molecule has 0 unspecified atom stereocenters. The van der Waals surface area contributed by atoms with E-state index in [0.29, 0.717) is 10.6 Å². The zero-order chi connectivity index (χ0) is 16.3. The molecule has 0 heterocycles. The summed E-state index contributed by atoms with van der Waals surface area (Å²) in [7, 11) is 2.13. The summed E-state index contributed by atoms with van der Waals surface area (Å²) in [5, 5.41) is 0.417. The molecular weight excluding hydrogens is 288 g/mol. The molecule has 0 atom stereocenters. The van der Waals surface area contributed by atoms with Crippen LogP contribution in [0.5, 0.6) is 0 Å². The van der Waals surface area contributed by atoms with E-state index in [9.17, 15) is 8.78 Å². The van der Waals surface area contributed by atoms with Crippen molar-refractivity contribution >= 4 is 24.3 Å². The second-order valence-electron chi connectivity index (χ2n) is 6.98. The van der Waals surface area contributed by atoms with Crippen LogP contribution in [-0.2, 0) is 6.42 Å². The van der Waals surface area contributed by atoms with Gasteiger partial charge in [-0.1, -0.05) is 76.6 Å². The molecule has 0 aliphatic carbocycles. The lowest BCUT2D eigenvalue weighted by Crippen LogP contribution is -2.35. The molecule has 0 saturated heterocycles. The molecular formula is C17H25BClF2. The molecule has 0 fully saturated rings. The third-order valence-electron chi connectivity index (χ3n) is 5.01. The van der Waals surface area contributed by atoms with Crippen LogP contribution in [0.25, 0.3) is 0 Å². The molecule has 0 bridgehead atoms. The molecule has 0 N–H and O–H groups in total. The first-order valence-corrected chi connectivity index (χ1v) is 7.86. The van der Waals surface area contributed by atoms with E-state index in [1.165, 1.54) is 0 Å². The Bertz CT molecular complexity index is 470. The van der Waals surface area contributed by atoms with Gasteiger partial charge < -0.3 is 0 Å². The van der Waals surface area contributed by atoms with E-state index in [0.717, 1.165) is 18.2 Å². The van der Waals surface area contributed by atoms with Crippen LogP contribution in [0, 0.1) is 10.8 Å². The second kappa shape index (κ2) is 7.13. The first-order valence-electron chi connectivity index (χ1n) is 7.49. The van der Waals surface area contributed by atoms with Crippen molar-refractivity contribution in [1.29, 1.82) is 0 Å². The van der Waals surface area contributed by atoms with E-state index < -0.39 is 6.43 Å². The molecule has 0 amide bonds.